The standard InChI is InChI=1S/C19H33NO2/c21-16-10-3-1-8-14-20(15-9-2-4-11-17-22)18-19-12-6-5-7-13-19/h5-7,12-13,21-22H,1-4,8-11,14-18H2. The lowest BCUT2D eigenvalue weighted by molar-refractivity contribution is 0.244. The largest absolute Gasteiger partial charge is 0.396 e. The molecule has 0 bridgehead atoms. The van der Waals surface area contributed by atoms with Crippen LogP contribution in [-0.2, 0) is 6.54 Å². The van der Waals surface area contributed by atoms with Gasteiger partial charge in [0, 0.05) is 19.8 Å². The van der Waals surface area contributed by atoms with Crippen LogP contribution in [0.2, 0.25) is 0 Å². The topological polar surface area (TPSA) is 43.7 Å². The van der Waals surface area contributed by atoms with E-state index in [1.807, 2.05) is 0 Å². The van der Waals surface area contributed by atoms with Crippen molar-refractivity contribution < 1.29 is 10.2 Å². The maximum absolute atomic E-state index is 8.83. The molecule has 2 N–H and O–H groups in total. The third-order valence-electron chi connectivity index (χ3n) is 4.01. The van der Waals surface area contributed by atoms with E-state index in [-0.39, 0.29) is 0 Å². The van der Waals surface area contributed by atoms with E-state index in [0.29, 0.717) is 13.2 Å². The van der Waals surface area contributed by atoms with Crippen molar-refractivity contribution >= 4 is 0 Å². The average molecular weight is 307 g/mol. The van der Waals surface area contributed by atoms with Crippen LogP contribution < -0.4 is 0 Å². The molecule has 1 aromatic rings. The fourth-order valence-corrected chi connectivity index (χ4v) is 2.71. The summed E-state index contributed by atoms with van der Waals surface area (Å²) in [5.41, 5.74) is 1.38. The van der Waals surface area contributed by atoms with Crippen LogP contribution >= 0.6 is 0 Å². The van der Waals surface area contributed by atoms with Gasteiger partial charge in [-0.1, -0.05) is 56.0 Å². The van der Waals surface area contributed by atoms with Gasteiger partial charge >= 0.3 is 0 Å². The van der Waals surface area contributed by atoms with Crippen LogP contribution in [-0.4, -0.2) is 41.4 Å². The van der Waals surface area contributed by atoms with Crippen LogP contribution in [0.4, 0.5) is 0 Å². The SMILES string of the molecule is OCCCCCCN(CCCCCCO)Cc1ccccc1. The Hall–Kier alpha value is -0.900. The Morgan fingerprint density at radius 1 is 0.636 bits per heavy atom. The molecule has 0 spiro atoms. The summed E-state index contributed by atoms with van der Waals surface area (Å²) >= 11 is 0. The molecule has 0 fully saturated rings. The maximum atomic E-state index is 8.83. The molecule has 0 aliphatic heterocycles. The predicted octanol–water partition coefficient (Wildman–Crippen LogP) is 3.59. The van der Waals surface area contributed by atoms with Gasteiger partial charge in [-0.05, 0) is 44.3 Å². The van der Waals surface area contributed by atoms with Crippen LogP contribution in [0.15, 0.2) is 30.3 Å². The van der Waals surface area contributed by atoms with Gasteiger partial charge in [0.1, 0.15) is 0 Å². The number of rotatable bonds is 14. The van der Waals surface area contributed by atoms with Crippen LogP contribution in [0.25, 0.3) is 0 Å². The molecule has 0 radical (unpaired) electrons. The molecule has 0 aliphatic rings. The van der Waals surface area contributed by atoms with E-state index in [4.69, 9.17) is 10.2 Å². The summed E-state index contributed by atoms with van der Waals surface area (Å²) in [7, 11) is 0. The molecule has 0 atom stereocenters. The Labute approximate surface area is 136 Å². The molecule has 0 amide bonds. The second kappa shape index (κ2) is 13.7. The first-order valence-electron chi connectivity index (χ1n) is 8.85. The van der Waals surface area contributed by atoms with E-state index >= 15 is 0 Å². The summed E-state index contributed by atoms with van der Waals surface area (Å²) in [6.45, 7) is 3.94. The van der Waals surface area contributed by atoms with Crippen molar-refractivity contribution in [2.45, 2.75) is 57.9 Å². The smallest absolute Gasteiger partial charge is 0.0431 e. The van der Waals surface area contributed by atoms with E-state index in [9.17, 15) is 0 Å². The maximum Gasteiger partial charge on any atom is 0.0431 e. The van der Waals surface area contributed by atoms with Crippen molar-refractivity contribution in [3.63, 3.8) is 0 Å². The molecule has 0 aliphatic carbocycles. The summed E-state index contributed by atoms with van der Waals surface area (Å²) in [5, 5.41) is 17.7. The van der Waals surface area contributed by atoms with Crippen LogP contribution in [0.5, 0.6) is 0 Å². The molecule has 0 heterocycles. The van der Waals surface area contributed by atoms with Gasteiger partial charge in [-0.3, -0.25) is 4.90 Å². The van der Waals surface area contributed by atoms with Gasteiger partial charge in [0.25, 0.3) is 0 Å². The summed E-state index contributed by atoms with van der Waals surface area (Å²) in [6.07, 6.45) is 8.96. The van der Waals surface area contributed by atoms with Gasteiger partial charge in [-0.25, -0.2) is 0 Å². The third-order valence-corrected chi connectivity index (χ3v) is 4.01. The number of nitrogens with zero attached hydrogens (tertiary/aromatic N) is 1. The molecule has 0 saturated carbocycles. The fourth-order valence-electron chi connectivity index (χ4n) is 2.71. The van der Waals surface area contributed by atoms with Crippen molar-refractivity contribution in [3.8, 4) is 0 Å². The molecule has 3 nitrogen and oxygen atoms in total. The van der Waals surface area contributed by atoms with Gasteiger partial charge in [-0.15, -0.1) is 0 Å². The predicted molar refractivity (Wildman–Crippen MR) is 92.8 cm³/mol. The summed E-state index contributed by atoms with van der Waals surface area (Å²) in [6, 6.07) is 10.7. The van der Waals surface area contributed by atoms with Gasteiger partial charge in [-0.2, -0.15) is 0 Å². The molecule has 0 aromatic heterocycles. The summed E-state index contributed by atoms with van der Waals surface area (Å²) < 4.78 is 0. The van der Waals surface area contributed by atoms with Gasteiger partial charge < -0.3 is 10.2 Å². The van der Waals surface area contributed by atoms with Crippen molar-refractivity contribution in [1.82, 2.24) is 4.90 Å². The minimum Gasteiger partial charge on any atom is -0.396 e. The van der Waals surface area contributed by atoms with Gasteiger partial charge in [0.05, 0.1) is 0 Å². The highest BCUT2D eigenvalue weighted by atomic mass is 16.3. The molecule has 22 heavy (non-hydrogen) atoms. The second-order valence-electron chi connectivity index (χ2n) is 6.04. The normalized spacial score (nSPS) is 11.2. The molecular weight excluding hydrogens is 274 g/mol. The monoisotopic (exact) mass is 307 g/mol. The lowest BCUT2D eigenvalue weighted by atomic mass is 10.1. The molecule has 0 saturated heterocycles. The van der Waals surface area contributed by atoms with E-state index in [2.05, 4.69) is 35.2 Å². The molecule has 0 unspecified atom stereocenters. The Balaban J connectivity index is 2.29. The van der Waals surface area contributed by atoms with Gasteiger partial charge in [0.15, 0.2) is 0 Å². The highest BCUT2D eigenvalue weighted by molar-refractivity contribution is 5.14. The van der Waals surface area contributed by atoms with Crippen LogP contribution in [0.1, 0.15) is 56.9 Å². The minimum absolute atomic E-state index is 0.318. The van der Waals surface area contributed by atoms with Crippen LogP contribution in [0.3, 0.4) is 0 Å². The first-order chi connectivity index (χ1) is 10.9. The Morgan fingerprint density at radius 2 is 1.14 bits per heavy atom. The Morgan fingerprint density at radius 3 is 1.64 bits per heavy atom. The lowest BCUT2D eigenvalue weighted by Crippen LogP contribution is -2.25. The fraction of sp³-hybridized carbons (Fsp3) is 0.684. The average Bonchev–Trinajstić information content (AvgIpc) is 2.55. The highest BCUT2D eigenvalue weighted by Gasteiger charge is 2.05. The molecule has 126 valence electrons. The lowest BCUT2D eigenvalue weighted by Gasteiger charge is -2.22. The Bertz CT molecular complexity index is 329. The second-order valence-corrected chi connectivity index (χ2v) is 6.04. The third kappa shape index (κ3) is 9.93. The van der Waals surface area contributed by atoms with E-state index in [1.54, 1.807) is 0 Å². The highest BCUT2D eigenvalue weighted by Crippen LogP contribution is 2.10. The molecular formula is C19H33NO2. The number of aliphatic hydroxyl groups is 2. The number of aliphatic hydroxyl groups excluding tert-OH is 2. The van der Waals surface area contributed by atoms with Crippen molar-refractivity contribution in [2.75, 3.05) is 26.3 Å². The van der Waals surface area contributed by atoms with E-state index < -0.39 is 0 Å². The van der Waals surface area contributed by atoms with Crippen molar-refractivity contribution in [2.24, 2.45) is 0 Å². The molecule has 1 aromatic carbocycles. The van der Waals surface area contributed by atoms with Crippen molar-refractivity contribution in [1.29, 1.82) is 0 Å². The van der Waals surface area contributed by atoms with Gasteiger partial charge in [0.2, 0.25) is 0 Å². The number of unbranched alkanes of at least 4 members (excludes halogenated alkanes) is 6. The van der Waals surface area contributed by atoms with E-state index in [1.165, 1.54) is 31.2 Å². The quantitative estimate of drug-likeness (QED) is 0.516. The van der Waals surface area contributed by atoms with Crippen LogP contribution in [0, 0.1) is 0 Å². The first kappa shape index (κ1) is 19.1. The Kier molecular flexibility index (Phi) is 12.0. The number of benzene rings is 1. The zero-order valence-electron chi connectivity index (χ0n) is 13.9. The summed E-state index contributed by atoms with van der Waals surface area (Å²) in [4.78, 5) is 2.55. The zero-order chi connectivity index (χ0) is 15.9. The summed E-state index contributed by atoms with van der Waals surface area (Å²) in [5.74, 6) is 0. The van der Waals surface area contributed by atoms with Crippen molar-refractivity contribution in [3.05, 3.63) is 35.9 Å². The molecule has 1 rings (SSSR count). The molecule has 3 heteroatoms. The zero-order valence-corrected chi connectivity index (χ0v) is 13.9. The number of hydrogen-bond acceptors (Lipinski definition) is 3. The minimum atomic E-state index is 0.318. The van der Waals surface area contributed by atoms with E-state index in [0.717, 1.165) is 45.3 Å². The first-order valence-corrected chi connectivity index (χ1v) is 8.85. The number of hydrogen-bond donors (Lipinski definition) is 2.